The zero-order valence-electron chi connectivity index (χ0n) is 6.41. The summed E-state index contributed by atoms with van der Waals surface area (Å²) in [6, 6.07) is -0.559. The van der Waals surface area contributed by atoms with Crippen molar-refractivity contribution in [3.05, 3.63) is 11.6 Å². The summed E-state index contributed by atoms with van der Waals surface area (Å²) in [6.45, 7) is 3.41. The lowest BCUT2D eigenvalue weighted by molar-refractivity contribution is 0.135. The van der Waals surface area contributed by atoms with Crippen molar-refractivity contribution in [1.29, 1.82) is 0 Å². The molecule has 0 fully saturated rings. The molecule has 0 aliphatic heterocycles. The van der Waals surface area contributed by atoms with Crippen molar-refractivity contribution in [3.8, 4) is 0 Å². The Morgan fingerprint density at radius 2 is 2.20 bits per heavy atom. The molecule has 0 saturated carbocycles. The summed E-state index contributed by atoms with van der Waals surface area (Å²) in [7, 11) is 0. The van der Waals surface area contributed by atoms with Crippen LogP contribution in [0.3, 0.4) is 0 Å². The van der Waals surface area contributed by atoms with E-state index in [-0.39, 0.29) is 6.61 Å². The molecule has 60 valence electrons. The quantitative estimate of drug-likeness (QED) is 0.475. The first-order valence-electron chi connectivity index (χ1n) is 3.30. The normalized spacial score (nSPS) is 18.7. The van der Waals surface area contributed by atoms with E-state index in [1.165, 1.54) is 0 Å². The van der Waals surface area contributed by atoms with Gasteiger partial charge in [0.2, 0.25) is 0 Å². The molecule has 4 N–H and O–H groups in total. The lowest BCUT2D eigenvalue weighted by Gasteiger charge is -2.16. The molecule has 0 unspecified atom stereocenters. The highest BCUT2D eigenvalue weighted by molar-refractivity contribution is 5.06. The number of hydrogen-bond donors (Lipinski definition) is 3. The summed E-state index contributed by atoms with van der Waals surface area (Å²) in [5.74, 6) is 0. The van der Waals surface area contributed by atoms with Crippen LogP contribution in [0.15, 0.2) is 11.6 Å². The molecule has 0 spiro atoms. The average molecular weight is 145 g/mol. The molecule has 0 aliphatic rings. The van der Waals surface area contributed by atoms with Crippen molar-refractivity contribution in [2.75, 3.05) is 6.61 Å². The topological polar surface area (TPSA) is 66.5 Å². The van der Waals surface area contributed by atoms with Crippen molar-refractivity contribution >= 4 is 0 Å². The van der Waals surface area contributed by atoms with Crippen LogP contribution in [0, 0.1) is 0 Å². The maximum atomic E-state index is 9.23. The van der Waals surface area contributed by atoms with Gasteiger partial charge in [-0.25, -0.2) is 0 Å². The van der Waals surface area contributed by atoms with E-state index in [1.54, 1.807) is 13.0 Å². The van der Waals surface area contributed by atoms with Gasteiger partial charge < -0.3 is 15.9 Å². The van der Waals surface area contributed by atoms with Crippen LogP contribution >= 0.6 is 0 Å². The van der Waals surface area contributed by atoms with Crippen LogP contribution in [0.2, 0.25) is 0 Å². The molecule has 0 aromatic carbocycles. The van der Waals surface area contributed by atoms with Gasteiger partial charge in [-0.15, -0.1) is 0 Å². The van der Waals surface area contributed by atoms with Crippen LogP contribution in [-0.2, 0) is 0 Å². The summed E-state index contributed by atoms with van der Waals surface area (Å²) in [5.41, 5.74) is 6.15. The van der Waals surface area contributed by atoms with Crippen LogP contribution < -0.4 is 5.73 Å². The van der Waals surface area contributed by atoms with Gasteiger partial charge in [-0.3, -0.25) is 0 Å². The summed E-state index contributed by atoms with van der Waals surface area (Å²) in [5, 5.41) is 17.8. The minimum atomic E-state index is -0.713. The molecule has 0 saturated heterocycles. The lowest BCUT2D eigenvalue weighted by Crippen LogP contribution is -2.38. The SMILES string of the molecule is C/C=C(\C)[C@@H](O)[C@@H](N)CO. The summed E-state index contributed by atoms with van der Waals surface area (Å²) >= 11 is 0. The molecular formula is C7H15NO2. The number of allylic oxidation sites excluding steroid dienone is 1. The molecule has 0 aromatic heterocycles. The molecule has 0 aliphatic carbocycles. The van der Waals surface area contributed by atoms with E-state index < -0.39 is 12.1 Å². The minimum absolute atomic E-state index is 0.188. The minimum Gasteiger partial charge on any atom is -0.395 e. The Hall–Kier alpha value is -0.380. The zero-order chi connectivity index (χ0) is 8.15. The Morgan fingerprint density at radius 1 is 1.70 bits per heavy atom. The predicted molar refractivity (Wildman–Crippen MR) is 40.5 cm³/mol. The molecule has 2 atom stereocenters. The molecule has 0 rings (SSSR count). The maximum absolute atomic E-state index is 9.23. The number of aliphatic hydroxyl groups excluding tert-OH is 2. The number of aliphatic hydroxyl groups is 2. The first-order valence-corrected chi connectivity index (χ1v) is 3.30. The van der Waals surface area contributed by atoms with E-state index in [0.717, 1.165) is 5.57 Å². The monoisotopic (exact) mass is 145 g/mol. The molecule has 10 heavy (non-hydrogen) atoms. The number of nitrogens with two attached hydrogens (primary N) is 1. The van der Waals surface area contributed by atoms with Crippen molar-refractivity contribution in [2.24, 2.45) is 5.73 Å². The second kappa shape index (κ2) is 4.44. The van der Waals surface area contributed by atoms with E-state index >= 15 is 0 Å². The molecule has 3 nitrogen and oxygen atoms in total. The fourth-order valence-electron chi connectivity index (χ4n) is 0.608. The second-order valence-corrected chi connectivity index (χ2v) is 2.32. The van der Waals surface area contributed by atoms with Gasteiger partial charge in [-0.05, 0) is 19.4 Å². The maximum Gasteiger partial charge on any atom is 0.0920 e. The number of rotatable bonds is 3. The second-order valence-electron chi connectivity index (χ2n) is 2.32. The van der Waals surface area contributed by atoms with Crippen LogP contribution in [0.5, 0.6) is 0 Å². The first-order chi connectivity index (χ1) is 4.63. The third-order valence-electron chi connectivity index (χ3n) is 1.54. The highest BCUT2D eigenvalue weighted by Gasteiger charge is 2.13. The fourth-order valence-corrected chi connectivity index (χ4v) is 0.608. The third-order valence-corrected chi connectivity index (χ3v) is 1.54. The third kappa shape index (κ3) is 2.47. The van der Waals surface area contributed by atoms with Crippen molar-refractivity contribution in [2.45, 2.75) is 26.0 Å². The highest BCUT2D eigenvalue weighted by atomic mass is 16.3. The van der Waals surface area contributed by atoms with E-state index in [4.69, 9.17) is 10.8 Å². The van der Waals surface area contributed by atoms with E-state index in [2.05, 4.69) is 0 Å². The van der Waals surface area contributed by atoms with Crippen LogP contribution in [0.1, 0.15) is 13.8 Å². The predicted octanol–water partition coefficient (Wildman–Crippen LogP) is -0.367. The van der Waals surface area contributed by atoms with Gasteiger partial charge in [0, 0.05) is 0 Å². The average Bonchev–Trinajstić information content (AvgIpc) is 2.00. The Bertz CT molecular complexity index is 123. The zero-order valence-corrected chi connectivity index (χ0v) is 6.41. The summed E-state index contributed by atoms with van der Waals surface area (Å²) < 4.78 is 0. The smallest absolute Gasteiger partial charge is 0.0920 e. The van der Waals surface area contributed by atoms with Gasteiger partial charge in [0.15, 0.2) is 0 Å². The fraction of sp³-hybridized carbons (Fsp3) is 0.714. The Balaban J connectivity index is 3.94. The van der Waals surface area contributed by atoms with Gasteiger partial charge in [0.05, 0.1) is 18.8 Å². The van der Waals surface area contributed by atoms with E-state index in [0.29, 0.717) is 0 Å². The van der Waals surface area contributed by atoms with Crippen molar-refractivity contribution in [3.63, 3.8) is 0 Å². The molecule has 0 heterocycles. The van der Waals surface area contributed by atoms with Gasteiger partial charge in [0.25, 0.3) is 0 Å². The van der Waals surface area contributed by atoms with Crippen LogP contribution in [0.4, 0.5) is 0 Å². The standard InChI is InChI=1S/C7H15NO2/c1-3-5(2)7(10)6(8)4-9/h3,6-7,9-10H,4,8H2,1-2H3/b5-3+/t6-,7+/m0/s1. The molecule has 0 amide bonds. The Morgan fingerprint density at radius 3 is 2.50 bits per heavy atom. The molecule has 0 bridgehead atoms. The van der Waals surface area contributed by atoms with Crippen molar-refractivity contribution in [1.82, 2.24) is 0 Å². The van der Waals surface area contributed by atoms with Gasteiger partial charge >= 0.3 is 0 Å². The molecular weight excluding hydrogens is 130 g/mol. The Kier molecular flexibility index (Phi) is 4.27. The Labute approximate surface area is 61.2 Å². The summed E-state index contributed by atoms with van der Waals surface area (Å²) in [4.78, 5) is 0. The van der Waals surface area contributed by atoms with Crippen LogP contribution in [-0.4, -0.2) is 29.0 Å². The van der Waals surface area contributed by atoms with E-state index in [9.17, 15) is 5.11 Å². The highest BCUT2D eigenvalue weighted by Crippen LogP contribution is 2.03. The van der Waals surface area contributed by atoms with Gasteiger partial charge in [0.1, 0.15) is 0 Å². The largest absolute Gasteiger partial charge is 0.395 e. The summed E-state index contributed by atoms with van der Waals surface area (Å²) in [6.07, 6.45) is 1.06. The van der Waals surface area contributed by atoms with E-state index in [1.807, 2.05) is 6.92 Å². The van der Waals surface area contributed by atoms with Gasteiger partial charge in [-0.1, -0.05) is 6.08 Å². The first kappa shape index (κ1) is 9.62. The lowest BCUT2D eigenvalue weighted by atomic mass is 10.1. The molecule has 0 radical (unpaired) electrons. The van der Waals surface area contributed by atoms with Gasteiger partial charge in [-0.2, -0.15) is 0 Å². The molecule has 0 aromatic rings. The van der Waals surface area contributed by atoms with Crippen LogP contribution in [0.25, 0.3) is 0 Å². The van der Waals surface area contributed by atoms with Crippen molar-refractivity contribution < 1.29 is 10.2 Å². The number of hydrogen-bond acceptors (Lipinski definition) is 3. The molecule has 3 heteroatoms.